The molecule has 1 unspecified atom stereocenters. The fourth-order valence-corrected chi connectivity index (χ4v) is 3.74. The van der Waals surface area contributed by atoms with E-state index in [2.05, 4.69) is 60.6 Å². The summed E-state index contributed by atoms with van der Waals surface area (Å²) in [6.07, 6.45) is 14.3. The first kappa shape index (κ1) is 17.8. The number of nitrogens with zero attached hydrogens (tertiary/aromatic N) is 1. The number of aryl methyl sites for hydroxylation is 1. The minimum absolute atomic E-state index is 0.337. The van der Waals surface area contributed by atoms with Crippen molar-refractivity contribution < 1.29 is 0 Å². The van der Waals surface area contributed by atoms with Crippen molar-refractivity contribution in [2.24, 2.45) is 7.05 Å². The van der Waals surface area contributed by atoms with E-state index in [1.165, 1.54) is 68.0 Å². The van der Waals surface area contributed by atoms with Crippen LogP contribution in [0.1, 0.15) is 84.3 Å². The zero-order chi connectivity index (χ0) is 15.0. The molecule has 0 fully saturated rings. The third-order valence-corrected chi connectivity index (χ3v) is 4.94. The Morgan fingerprint density at radius 1 is 1.00 bits per heavy atom. The summed E-state index contributed by atoms with van der Waals surface area (Å²) in [5, 5.41) is 0. The topological polar surface area (TPSA) is 4.93 Å². The van der Waals surface area contributed by atoms with Crippen LogP contribution in [-0.2, 0) is 12.5 Å². The summed E-state index contributed by atoms with van der Waals surface area (Å²) in [6, 6.07) is 2.33. The summed E-state index contributed by atoms with van der Waals surface area (Å²) in [7, 11) is 2.18. The largest absolute Gasteiger partial charge is 0.353 e. The first-order valence-corrected chi connectivity index (χ1v) is 9.15. The minimum atomic E-state index is 0.337. The molecule has 0 saturated heterocycles. The fraction of sp³-hybridized carbons (Fsp3) is 0.778. The maximum atomic E-state index is 3.63. The van der Waals surface area contributed by atoms with Crippen molar-refractivity contribution in [3.05, 3.63) is 22.4 Å². The van der Waals surface area contributed by atoms with E-state index in [4.69, 9.17) is 0 Å². The Morgan fingerprint density at radius 2 is 1.55 bits per heavy atom. The van der Waals surface area contributed by atoms with Crippen molar-refractivity contribution in [3.63, 3.8) is 0 Å². The number of hydrogen-bond donors (Lipinski definition) is 0. The highest BCUT2D eigenvalue weighted by Crippen LogP contribution is 2.37. The lowest BCUT2D eigenvalue weighted by Gasteiger charge is -2.31. The van der Waals surface area contributed by atoms with Crippen LogP contribution in [0.2, 0.25) is 0 Å². The van der Waals surface area contributed by atoms with Gasteiger partial charge in [0.1, 0.15) is 0 Å². The Hall–Kier alpha value is -0.240. The Labute approximate surface area is 134 Å². The van der Waals surface area contributed by atoms with Gasteiger partial charge < -0.3 is 4.57 Å². The first-order chi connectivity index (χ1) is 9.53. The summed E-state index contributed by atoms with van der Waals surface area (Å²) < 4.78 is 3.53. The van der Waals surface area contributed by atoms with Gasteiger partial charge in [-0.15, -0.1) is 0 Å². The van der Waals surface area contributed by atoms with E-state index in [-0.39, 0.29) is 0 Å². The third-order valence-electron chi connectivity index (χ3n) is 4.50. The van der Waals surface area contributed by atoms with Crippen LogP contribution in [0, 0.1) is 0 Å². The molecule has 1 atom stereocenters. The molecule has 1 heterocycles. The van der Waals surface area contributed by atoms with Gasteiger partial charge in [-0.25, -0.2) is 0 Å². The van der Waals surface area contributed by atoms with Gasteiger partial charge in [-0.05, 0) is 34.8 Å². The molecule has 1 aromatic rings. The Morgan fingerprint density at radius 3 is 2.05 bits per heavy atom. The molecule has 0 bridgehead atoms. The maximum Gasteiger partial charge on any atom is 0.0354 e. The predicted octanol–water partition coefficient (Wildman–Crippen LogP) is 6.60. The third kappa shape index (κ3) is 5.27. The van der Waals surface area contributed by atoms with Gasteiger partial charge in [-0.2, -0.15) is 0 Å². The summed E-state index contributed by atoms with van der Waals surface area (Å²) >= 11 is 3.63. The van der Waals surface area contributed by atoms with Gasteiger partial charge in [0.25, 0.3) is 0 Å². The predicted molar refractivity (Wildman–Crippen MR) is 93.4 cm³/mol. The van der Waals surface area contributed by atoms with Crippen LogP contribution in [0.15, 0.2) is 16.7 Å². The summed E-state index contributed by atoms with van der Waals surface area (Å²) in [5.74, 6) is 0. The van der Waals surface area contributed by atoms with Crippen LogP contribution in [0.4, 0.5) is 0 Å². The zero-order valence-electron chi connectivity index (χ0n) is 13.8. The fourth-order valence-electron chi connectivity index (χ4n) is 3.21. The number of rotatable bonds is 10. The van der Waals surface area contributed by atoms with Crippen molar-refractivity contribution in [2.45, 2.75) is 84.0 Å². The average Bonchev–Trinajstić information content (AvgIpc) is 2.75. The van der Waals surface area contributed by atoms with Gasteiger partial charge in [-0.1, -0.05) is 65.7 Å². The Balaban J connectivity index is 2.74. The quantitative estimate of drug-likeness (QED) is 0.422. The number of hydrogen-bond acceptors (Lipinski definition) is 0. The average molecular weight is 342 g/mol. The monoisotopic (exact) mass is 341 g/mol. The molecule has 20 heavy (non-hydrogen) atoms. The van der Waals surface area contributed by atoms with Crippen molar-refractivity contribution in [1.29, 1.82) is 0 Å². The summed E-state index contributed by atoms with van der Waals surface area (Å²) in [6.45, 7) is 7.04. The smallest absolute Gasteiger partial charge is 0.0354 e. The highest BCUT2D eigenvalue weighted by atomic mass is 79.9. The van der Waals surface area contributed by atoms with Gasteiger partial charge in [-0.3, -0.25) is 0 Å². The van der Waals surface area contributed by atoms with Crippen LogP contribution in [-0.4, -0.2) is 4.57 Å². The van der Waals surface area contributed by atoms with E-state index in [0.29, 0.717) is 5.41 Å². The molecular weight excluding hydrogens is 310 g/mol. The second-order valence-electron chi connectivity index (χ2n) is 6.48. The van der Waals surface area contributed by atoms with E-state index >= 15 is 0 Å². The van der Waals surface area contributed by atoms with Crippen molar-refractivity contribution >= 4 is 15.9 Å². The molecule has 1 aromatic heterocycles. The number of halogens is 1. The SMILES string of the molecule is CCCCCCC(C)(CCCCC)c1cc(Br)cn1C. The highest BCUT2D eigenvalue weighted by molar-refractivity contribution is 9.10. The lowest BCUT2D eigenvalue weighted by molar-refractivity contribution is 0.349. The second-order valence-corrected chi connectivity index (χ2v) is 7.40. The Bertz CT molecular complexity index is 383. The minimum Gasteiger partial charge on any atom is -0.353 e. The first-order valence-electron chi connectivity index (χ1n) is 8.36. The highest BCUT2D eigenvalue weighted by Gasteiger charge is 2.28. The molecule has 0 aromatic carbocycles. The second kappa shape index (κ2) is 8.92. The van der Waals surface area contributed by atoms with Crippen LogP contribution in [0.3, 0.4) is 0 Å². The van der Waals surface area contributed by atoms with E-state index in [9.17, 15) is 0 Å². The van der Waals surface area contributed by atoms with Crippen molar-refractivity contribution in [3.8, 4) is 0 Å². The summed E-state index contributed by atoms with van der Waals surface area (Å²) in [4.78, 5) is 0. The van der Waals surface area contributed by atoms with E-state index in [0.717, 1.165) is 0 Å². The van der Waals surface area contributed by atoms with Crippen LogP contribution in [0.5, 0.6) is 0 Å². The van der Waals surface area contributed by atoms with E-state index < -0.39 is 0 Å². The summed E-state index contributed by atoms with van der Waals surface area (Å²) in [5.41, 5.74) is 1.83. The molecule has 0 aliphatic heterocycles. The van der Waals surface area contributed by atoms with Gasteiger partial charge in [0.2, 0.25) is 0 Å². The van der Waals surface area contributed by atoms with E-state index in [1.54, 1.807) is 0 Å². The van der Waals surface area contributed by atoms with Gasteiger partial charge >= 0.3 is 0 Å². The molecule has 0 N–H and O–H groups in total. The molecule has 116 valence electrons. The van der Waals surface area contributed by atoms with Crippen LogP contribution >= 0.6 is 15.9 Å². The normalized spacial score (nSPS) is 14.4. The Kier molecular flexibility index (Phi) is 7.94. The number of unbranched alkanes of at least 4 members (excludes halogenated alkanes) is 5. The maximum absolute atomic E-state index is 3.63. The molecule has 0 aliphatic carbocycles. The van der Waals surface area contributed by atoms with E-state index in [1.807, 2.05) is 0 Å². The van der Waals surface area contributed by atoms with Gasteiger partial charge in [0.05, 0.1) is 0 Å². The molecule has 0 saturated carbocycles. The molecular formula is C18H32BrN. The number of aromatic nitrogens is 1. The van der Waals surface area contributed by atoms with Crippen molar-refractivity contribution in [1.82, 2.24) is 4.57 Å². The van der Waals surface area contributed by atoms with Crippen LogP contribution in [0.25, 0.3) is 0 Å². The van der Waals surface area contributed by atoms with Crippen LogP contribution < -0.4 is 0 Å². The zero-order valence-corrected chi connectivity index (χ0v) is 15.4. The lowest BCUT2D eigenvalue weighted by atomic mass is 9.77. The van der Waals surface area contributed by atoms with Crippen molar-refractivity contribution in [2.75, 3.05) is 0 Å². The molecule has 1 nitrogen and oxygen atoms in total. The molecule has 0 radical (unpaired) electrons. The molecule has 0 aliphatic rings. The van der Waals surface area contributed by atoms with Gasteiger partial charge in [0.15, 0.2) is 0 Å². The standard InChI is InChI=1S/C18H32BrN/c1-5-7-9-11-13-18(3,12-10-8-6-2)17-14-16(19)15-20(17)4/h14-15H,5-13H2,1-4H3. The lowest BCUT2D eigenvalue weighted by Crippen LogP contribution is -2.25. The molecule has 2 heteroatoms. The molecule has 0 amide bonds. The molecule has 0 spiro atoms. The molecule has 1 rings (SSSR count). The van der Waals surface area contributed by atoms with Gasteiger partial charge in [0, 0.05) is 28.8 Å².